The van der Waals surface area contributed by atoms with E-state index in [2.05, 4.69) is 22.3 Å². The van der Waals surface area contributed by atoms with E-state index in [0.29, 0.717) is 6.54 Å². The molecular formula is C20H25N3O4S. The fourth-order valence-electron chi connectivity index (χ4n) is 3.70. The number of nitrogens with zero attached hydrogens (tertiary/aromatic N) is 2. The molecule has 7 nitrogen and oxygen atoms in total. The highest BCUT2D eigenvalue weighted by molar-refractivity contribution is 7.90. The van der Waals surface area contributed by atoms with Gasteiger partial charge in [-0.25, -0.2) is 8.42 Å². The highest BCUT2D eigenvalue weighted by atomic mass is 32.2. The second kappa shape index (κ2) is 8.70. The molecule has 1 aliphatic heterocycles. The van der Waals surface area contributed by atoms with Crippen LogP contribution in [-0.2, 0) is 16.4 Å². The maximum atomic E-state index is 11.9. The Balaban J connectivity index is 1.77. The number of benzene rings is 2. The number of nitro benzene ring substituents is 1. The molecule has 1 unspecified atom stereocenters. The normalized spacial score (nSPS) is 18.0. The minimum atomic E-state index is -3.69. The summed E-state index contributed by atoms with van der Waals surface area (Å²) in [6.07, 6.45) is 4.23. The lowest BCUT2D eigenvalue weighted by molar-refractivity contribution is -0.386. The Hall–Kier alpha value is -2.45. The number of hydrogen-bond acceptors (Lipinski definition) is 6. The van der Waals surface area contributed by atoms with Crippen molar-refractivity contribution in [2.75, 3.05) is 24.7 Å². The number of likely N-dealkylation sites (tertiary alicyclic amines) is 1. The van der Waals surface area contributed by atoms with Gasteiger partial charge in [-0.2, -0.15) is 0 Å². The summed E-state index contributed by atoms with van der Waals surface area (Å²) in [4.78, 5) is 13.0. The van der Waals surface area contributed by atoms with Gasteiger partial charge < -0.3 is 5.32 Å². The Morgan fingerprint density at radius 1 is 1.14 bits per heavy atom. The number of nitrogens with one attached hydrogen (secondary N) is 1. The molecule has 2 aromatic carbocycles. The van der Waals surface area contributed by atoms with E-state index in [1.165, 1.54) is 17.7 Å². The van der Waals surface area contributed by atoms with E-state index in [1.54, 1.807) is 6.07 Å². The van der Waals surface area contributed by atoms with Gasteiger partial charge in [0.15, 0.2) is 9.84 Å². The van der Waals surface area contributed by atoms with E-state index < -0.39 is 14.8 Å². The topological polar surface area (TPSA) is 92.6 Å². The third-order valence-corrected chi connectivity index (χ3v) is 6.22. The van der Waals surface area contributed by atoms with Gasteiger partial charge in [-0.3, -0.25) is 15.0 Å². The van der Waals surface area contributed by atoms with E-state index in [4.69, 9.17) is 0 Å². The van der Waals surface area contributed by atoms with Crippen LogP contribution < -0.4 is 5.32 Å². The fraction of sp³-hybridized carbons (Fsp3) is 0.400. The maximum absolute atomic E-state index is 11.9. The molecule has 28 heavy (non-hydrogen) atoms. The molecule has 0 aliphatic carbocycles. The van der Waals surface area contributed by atoms with Gasteiger partial charge in [-0.15, -0.1) is 0 Å². The molecule has 1 heterocycles. The minimum absolute atomic E-state index is 0.232. The van der Waals surface area contributed by atoms with Crippen LogP contribution in [0.1, 0.15) is 24.8 Å². The Morgan fingerprint density at radius 3 is 2.57 bits per heavy atom. The summed E-state index contributed by atoms with van der Waals surface area (Å²) < 4.78 is 23.9. The van der Waals surface area contributed by atoms with Gasteiger partial charge in [0.25, 0.3) is 0 Å². The predicted molar refractivity (Wildman–Crippen MR) is 109 cm³/mol. The van der Waals surface area contributed by atoms with Crippen LogP contribution >= 0.6 is 0 Å². The summed E-state index contributed by atoms with van der Waals surface area (Å²) in [5.41, 5.74) is 1.10. The second-order valence-corrected chi connectivity index (χ2v) is 9.15. The van der Waals surface area contributed by atoms with Crippen molar-refractivity contribution < 1.29 is 13.3 Å². The van der Waals surface area contributed by atoms with Crippen LogP contribution in [0, 0.1) is 10.1 Å². The number of para-hydroxylation sites is 1. The summed E-state index contributed by atoms with van der Waals surface area (Å²) in [6.45, 7) is 2.34. The highest BCUT2D eigenvalue weighted by Gasteiger charge is 2.28. The maximum Gasteiger partial charge on any atom is 0.310 e. The third kappa shape index (κ3) is 4.88. The average molecular weight is 404 g/mol. The molecule has 1 fully saturated rings. The molecule has 0 spiro atoms. The molecule has 150 valence electrons. The Labute approximate surface area is 165 Å². The van der Waals surface area contributed by atoms with E-state index in [9.17, 15) is 18.5 Å². The lowest BCUT2D eigenvalue weighted by Gasteiger charge is -2.36. The summed E-state index contributed by atoms with van der Waals surface area (Å²) in [5, 5.41) is 14.7. The van der Waals surface area contributed by atoms with Crippen molar-refractivity contribution >= 4 is 21.2 Å². The number of nitro groups is 1. The molecule has 0 aromatic heterocycles. The zero-order valence-electron chi connectivity index (χ0n) is 15.9. The Morgan fingerprint density at radius 2 is 1.89 bits per heavy atom. The molecule has 0 bridgehead atoms. The number of rotatable bonds is 7. The molecular weight excluding hydrogens is 378 g/mol. The average Bonchev–Trinajstić information content (AvgIpc) is 2.67. The first kappa shape index (κ1) is 20.3. The van der Waals surface area contributed by atoms with Crippen molar-refractivity contribution in [3.05, 3.63) is 64.2 Å². The molecule has 8 heteroatoms. The SMILES string of the molecule is CS(=O)(=O)c1cccc(NCC2CCCCN2Cc2ccccc2)c1[N+](=O)[O-]. The molecule has 1 atom stereocenters. The molecule has 3 rings (SSSR count). The predicted octanol–water partition coefficient (Wildman–Crippen LogP) is 3.46. The molecule has 0 saturated carbocycles. The lowest BCUT2D eigenvalue weighted by Crippen LogP contribution is -2.43. The zero-order chi connectivity index (χ0) is 20.1. The first-order valence-electron chi connectivity index (χ1n) is 9.35. The molecule has 1 aliphatic rings. The van der Waals surface area contributed by atoms with Crippen LogP contribution in [0.5, 0.6) is 0 Å². The van der Waals surface area contributed by atoms with E-state index >= 15 is 0 Å². The van der Waals surface area contributed by atoms with Crippen LogP contribution in [0.3, 0.4) is 0 Å². The second-order valence-electron chi connectivity index (χ2n) is 7.17. The van der Waals surface area contributed by atoms with Gasteiger partial charge in [0.2, 0.25) is 0 Å². The zero-order valence-corrected chi connectivity index (χ0v) is 16.7. The minimum Gasteiger partial charge on any atom is -0.378 e. The van der Waals surface area contributed by atoms with Crippen molar-refractivity contribution in [3.63, 3.8) is 0 Å². The van der Waals surface area contributed by atoms with Crippen molar-refractivity contribution in [1.29, 1.82) is 0 Å². The fourth-order valence-corrected chi connectivity index (χ4v) is 4.56. The smallest absolute Gasteiger partial charge is 0.310 e. The highest BCUT2D eigenvalue weighted by Crippen LogP contribution is 2.32. The summed E-state index contributed by atoms with van der Waals surface area (Å²) in [6, 6.07) is 14.8. The van der Waals surface area contributed by atoms with Gasteiger partial charge in [-0.05, 0) is 37.1 Å². The van der Waals surface area contributed by atoms with Crippen molar-refractivity contribution in [1.82, 2.24) is 4.90 Å². The van der Waals surface area contributed by atoms with Gasteiger partial charge in [0, 0.05) is 25.4 Å². The van der Waals surface area contributed by atoms with Crippen LogP contribution in [0.2, 0.25) is 0 Å². The van der Waals surface area contributed by atoms with Crippen LogP contribution in [0.15, 0.2) is 53.4 Å². The standard InChI is InChI=1S/C20H25N3O4S/c1-28(26,27)19-12-7-11-18(20(19)23(24)25)21-14-17-10-5-6-13-22(17)15-16-8-3-2-4-9-16/h2-4,7-9,11-12,17,21H,5-6,10,13-15H2,1H3. The van der Waals surface area contributed by atoms with E-state index in [1.807, 2.05) is 18.2 Å². The van der Waals surface area contributed by atoms with Gasteiger partial charge >= 0.3 is 5.69 Å². The Bertz CT molecular complexity index is 932. The largest absolute Gasteiger partial charge is 0.378 e. The Kier molecular flexibility index (Phi) is 6.31. The van der Waals surface area contributed by atoms with Gasteiger partial charge in [0.05, 0.1) is 4.92 Å². The van der Waals surface area contributed by atoms with E-state index in [-0.39, 0.29) is 22.3 Å². The molecule has 0 amide bonds. The van der Waals surface area contributed by atoms with Crippen LogP contribution in [0.25, 0.3) is 0 Å². The van der Waals surface area contributed by atoms with Crippen molar-refractivity contribution in [2.45, 2.75) is 36.7 Å². The monoisotopic (exact) mass is 403 g/mol. The number of piperidine rings is 1. The summed E-state index contributed by atoms with van der Waals surface area (Å²) in [5.74, 6) is 0. The summed E-state index contributed by atoms with van der Waals surface area (Å²) in [7, 11) is -3.69. The summed E-state index contributed by atoms with van der Waals surface area (Å²) >= 11 is 0. The van der Waals surface area contributed by atoms with Gasteiger partial charge in [-0.1, -0.05) is 42.8 Å². The molecule has 1 N–H and O–H groups in total. The number of sulfone groups is 1. The van der Waals surface area contributed by atoms with Crippen molar-refractivity contribution in [3.8, 4) is 0 Å². The molecule has 0 radical (unpaired) electrons. The van der Waals surface area contributed by atoms with E-state index in [0.717, 1.165) is 38.6 Å². The molecule has 1 saturated heterocycles. The molecule has 2 aromatic rings. The third-order valence-electron chi connectivity index (χ3n) is 5.09. The number of anilines is 1. The van der Waals surface area contributed by atoms with Crippen LogP contribution in [-0.4, -0.2) is 43.6 Å². The van der Waals surface area contributed by atoms with Gasteiger partial charge in [0.1, 0.15) is 10.6 Å². The lowest BCUT2D eigenvalue weighted by atomic mass is 10.0. The van der Waals surface area contributed by atoms with Crippen molar-refractivity contribution in [2.24, 2.45) is 0 Å². The number of hydrogen-bond donors (Lipinski definition) is 1. The first-order valence-corrected chi connectivity index (χ1v) is 11.2. The quantitative estimate of drug-likeness (QED) is 0.562. The van der Waals surface area contributed by atoms with Crippen LogP contribution in [0.4, 0.5) is 11.4 Å². The first-order chi connectivity index (χ1) is 13.4.